The zero-order valence-electron chi connectivity index (χ0n) is 14.9. The van der Waals surface area contributed by atoms with Crippen molar-refractivity contribution < 1.29 is 14.3 Å². The van der Waals surface area contributed by atoms with E-state index < -0.39 is 0 Å². The van der Waals surface area contributed by atoms with Crippen LogP contribution in [0.15, 0.2) is 72.8 Å². The largest absolute Gasteiger partial charge is 0.454 e. The molecular formula is C23H19NO3. The van der Waals surface area contributed by atoms with Crippen LogP contribution in [0.1, 0.15) is 43.5 Å². The number of hydrogen-bond acceptors (Lipinski definition) is 3. The maximum Gasteiger partial charge on any atom is 0.339 e. The molecule has 4 heteroatoms. The van der Waals surface area contributed by atoms with Gasteiger partial charge in [-0.05, 0) is 48.4 Å². The molecule has 0 spiro atoms. The third kappa shape index (κ3) is 3.60. The van der Waals surface area contributed by atoms with E-state index in [1.165, 1.54) is 0 Å². The minimum Gasteiger partial charge on any atom is -0.454 e. The Bertz CT molecular complexity index is 994. The van der Waals surface area contributed by atoms with Crippen LogP contribution in [0.5, 0.6) is 0 Å². The molecular weight excluding hydrogens is 338 g/mol. The monoisotopic (exact) mass is 357 g/mol. The van der Waals surface area contributed by atoms with Crippen molar-refractivity contribution in [1.29, 1.82) is 0 Å². The summed E-state index contributed by atoms with van der Waals surface area (Å²) in [6, 6.07) is 22.4. The van der Waals surface area contributed by atoms with E-state index in [0.717, 1.165) is 22.4 Å². The first-order valence-corrected chi connectivity index (χ1v) is 8.87. The molecule has 1 amide bonds. The molecule has 0 bridgehead atoms. The second-order valence-electron chi connectivity index (χ2n) is 6.70. The molecule has 3 aromatic rings. The number of rotatable bonds is 3. The highest BCUT2D eigenvalue weighted by Crippen LogP contribution is 2.31. The van der Waals surface area contributed by atoms with Crippen molar-refractivity contribution in [3.63, 3.8) is 0 Å². The molecule has 1 N–H and O–H groups in total. The van der Waals surface area contributed by atoms with E-state index in [2.05, 4.69) is 5.32 Å². The predicted octanol–water partition coefficient (Wildman–Crippen LogP) is 4.70. The molecule has 27 heavy (non-hydrogen) atoms. The Hall–Kier alpha value is -3.40. The summed E-state index contributed by atoms with van der Waals surface area (Å²) >= 11 is 0. The fourth-order valence-corrected chi connectivity index (χ4v) is 3.23. The number of hydrogen-bond donors (Lipinski definition) is 1. The third-order valence-electron chi connectivity index (χ3n) is 4.72. The van der Waals surface area contributed by atoms with Gasteiger partial charge in [0.1, 0.15) is 6.10 Å². The molecule has 1 aliphatic rings. The van der Waals surface area contributed by atoms with Gasteiger partial charge in [-0.15, -0.1) is 0 Å². The van der Waals surface area contributed by atoms with Crippen LogP contribution in [-0.4, -0.2) is 11.9 Å². The Morgan fingerprint density at radius 1 is 1.00 bits per heavy atom. The summed E-state index contributed by atoms with van der Waals surface area (Å²) in [5, 5.41) is 2.87. The van der Waals surface area contributed by atoms with Gasteiger partial charge in [0.05, 0.1) is 5.56 Å². The summed E-state index contributed by atoms with van der Waals surface area (Å²) in [6.07, 6.45) is 0.217. The first-order valence-electron chi connectivity index (χ1n) is 8.87. The van der Waals surface area contributed by atoms with Gasteiger partial charge in [0.2, 0.25) is 0 Å². The average molecular weight is 357 g/mol. The number of esters is 1. The number of anilines is 1. The van der Waals surface area contributed by atoms with Crippen molar-refractivity contribution in [2.75, 3.05) is 5.32 Å². The molecule has 4 nitrogen and oxygen atoms in total. The summed E-state index contributed by atoms with van der Waals surface area (Å²) in [6.45, 7) is 2.02. The van der Waals surface area contributed by atoms with Gasteiger partial charge in [0.25, 0.3) is 5.91 Å². The lowest BCUT2D eigenvalue weighted by molar-refractivity contribution is 0.0252. The lowest BCUT2D eigenvalue weighted by Gasteiger charge is -2.25. The number of carbonyl (C=O) groups excluding carboxylic acids is 2. The summed E-state index contributed by atoms with van der Waals surface area (Å²) in [7, 11) is 0. The summed E-state index contributed by atoms with van der Waals surface area (Å²) < 4.78 is 5.60. The van der Waals surface area contributed by atoms with Crippen molar-refractivity contribution in [2.24, 2.45) is 0 Å². The van der Waals surface area contributed by atoms with Gasteiger partial charge >= 0.3 is 5.97 Å². The van der Waals surface area contributed by atoms with E-state index in [1.54, 1.807) is 18.2 Å². The van der Waals surface area contributed by atoms with Gasteiger partial charge in [-0.25, -0.2) is 4.79 Å². The fourth-order valence-electron chi connectivity index (χ4n) is 3.23. The van der Waals surface area contributed by atoms with Crippen LogP contribution >= 0.6 is 0 Å². The first-order chi connectivity index (χ1) is 13.1. The van der Waals surface area contributed by atoms with Crippen molar-refractivity contribution in [3.05, 3.63) is 101 Å². The Balaban J connectivity index is 1.59. The predicted molar refractivity (Wildman–Crippen MR) is 104 cm³/mol. The van der Waals surface area contributed by atoms with Crippen molar-refractivity contribution in [3.8, 4) is 0 Å². The topological polar surface area (TPSA) is 55.4 Å². The number of cyclic esters (lactones) is 1. The Kier molecular flexibility index (Phi) is 4.47. The van der Waals surface area contributed by atoms with Gasteiger partial charge < -0.3 is 10.1 Å². The van der Waals surface area contributed by atoms with Crippen LogP contribution in [-0.2, 0) is 11.2 Å². The number of ether oxygens (including phenoxy) is 1. The molecule has 0 fully saturated rings. The van der Waals surface area contributed by atoms with Gasteiger partial charge in [0, 0.05) is 17.7 Å². The molecule has 1 atom stereocenters. The number of nitrogens with one attached hydrogen (secondary N) is 1. The highest BCUT2D eigenvalue weighted by molar-refractivity contribution is 6.05. The molecule has 3 aromatic carbocycles. The minimum absolute atomic E-state index is 0.199. The maximum atomic E-state index is 12.5. The van der Waals surface area contributed by atoms with Gasteiger partial charge in [-0.1, -0.05) is 48.0 Å². The first kappa shape index (κ1) is 17.0. The fraction of sp³-hybridized carbons (Fsp3) is 0.130. The van der Waals surface area contributed by atoms with Crippen molar-refractivity contribution in [2.45, 2.75) is 19.4 Å². The standard InChI is InChI=1S/C23H19NO3/c1-15-7-9-16(10-8-15)21-14-18-13-17(11-12-20(18)23(26)27-21)22(25)24-19-5-3-2-4-6-19/h2-13,21H,14H2,1H3,(H,24,25)/t21-/m0/s1. The Morgan fingerprint density at radius 2 is 1.74 bits per heavy atom. The smallest absolute Gasteiger partial charge is 0.339 e. The lowest BCUT2D eigenvalue weighted by atomic mass is 9.92. The molecule has 0 unspecified atom stereocenters. The van der Waals surface area contributed by atoms with Crippen LogP contribution < -0.4 is 5.32 Å². The van der Waals surface area contributed by atoms with E-state index in [4.69, 9.17) is 4.74 Å². The number of carbonyl (C=O) groups is 2. The number of aryl methyl sites for hydroxylation is 1. The van der Waals surface area contributed by atoms with Gasteiger partial charge in [-0.2, -0.15) is 0 Å². The summed E-state index contributed by atoms with van der Waals surface area (Å²) in [5.74, 6) is -0.549. The van der Waals surface area contributed by atoms with Crippen LogP contribution in [0.4, 0.5) is 5.69 Å². The molecule has 0 radical (unpaired) electrons. The van der Waals surface area contributed by atoms with Crippen molar-refractivity contribution in [1.82, 2.24) is 0 Å². The van der Waals surface area contributed by atoms with E-state index in [1.807, 2.05) is 61.5 Å². The third-order valence-corrected chi connectivity index (χ3v) is 4.72. The van der Waals surface area contributed by atoms with E-state index >= 15 is 0 Å². The average Bonchev–Trinajstić information content (AvgIpc) is 2.69. The maximum absolute atomic E-state index is 12.5. The second-order valence-corrected chi connectivity index (χ2v) is 6.70. The number of amides is 1. The molecule has 0 saturated carbocycles. The van der Waals surface area contributed by atoms with E-state index in [0.29, 0.717) is 17.5 Å². The van der Waals surface area contributed by atoms with Crippen LogP contribution in [0, 0.1) is 6.92 Å². The molecule has 1 aliphatic heterocycles. The second kappa shape index (κ2) is 7.08. The number of fused-ring (bicyclic) bond motifs is 1. The molecule has 0 aliphatic carbocycles. The van der Waals surface area contributed by atoms with Gasteiger partial charge in [0.15, 0.2) is 0 Å². The zero-order valence-corrected chi connectivity index (χ0v) is 14.9. The number of para-hydroxylation sites is 1. The van der Waals surface area contributed by atoms with Crippen molar-refractivity contribution >= 4 is 17.6 Å². The molecule has 0 aromatic heterocycles. The summed E-state index contributed by atoms with van der Waals surface area (Å²) in [5.41, 5.74) is 4.72. The van der Waals surface area contributed by atoms with E-state index in [-0.39, 0.29) is 18.0 Å². The molecule has 0 saturated heterocycles. The normalized spacial score (nSPS) is 15.6. The number of benzene rings is 3. The molecule has 1 heterocycles. The van der Waals surface area contributed by atoms with Gasteiger partial charge in [-0.3, -0.25) is 4.79 Å². The SMILES string of the molecule is Cc1ccc([C@@H]2Cc3cc(C(=O)Nc4ccccc4)ccc3C(=O)O2)cc1. The minimum atomic E-state index is -0.350. The zero-order chi connectivity index (χ0) is 18.8. The van der Waals surface area contributed by atoms with E-state index in [9.17, 15) is 9.59 Å². The molecule has 134 valence electrons. The quantitative estimate of drug-likeness (QED) is 0.691. The lowest BCUT2D eigenvalue weighted by Crippen LogP contribution is -2.23. The van der Waals surface area contributed by atoms with Crippen LogP contribution in [0.2, 0.25) is 0 Å². The van der Waals surface area contributed by atoms with Crippen LogP contribution in [0.3, 0.4) is 0 Å². The molecule has 4 rings (SSSR count). The van der Waals surface area contributed by atoms with Crippen LogP contribution in [0.25, 0.3) is 0 Å². The summed E-state index contributed by atoms with van der Waals surface area (Å²) in [4.78, 5) is 24.9. The Morgan fingerprint density at radius 3 is 2.48 bits per heavy atom. The highest BCUT2D eigenvalue weighted by Gasteiger charge is 2.28. The highest BCUT2D eigenvalue weighted by atomic mass is 16.5. The Labute approximate surface area is 157 Å².